The summed E-state index contributed by atoms with van der Waals surface area (Å²) in [5, 5.41) is 4.91. The zero-order valence-electron chi connectivity index (χ0n) is 17.0. The Bertz CT molecular complexity index is 1060. The van der Waals surface area contributed by atoms with Gasteiger partial charge in [0.2, 0.25) is 0 Å². The lowest BCUT2D eigenvalue weighted by molar-refractivity contribution is 0.267. The summed E-state index contributed by atoms with van der Waals surface area (Å²) >= 11 is 21.9. The van der Waals surface area contributed by atoms with Crippen LogP contribution in [0.15, 0.2) is 53.0 Å². The molecular weight excluding hydrogens is 525 g/mol. The molecule has 0 aliphatic rings. The molecule has 0 bridgehead atoms. The first-order valence-electron chi connectivity index (χ1n) is 9.50. The topological polar surface area (TPSA) is 39.7 Å². The fraction of sp³-hybridized carbons (Fsp3) is 0.217. The number of halogens is 4. The number of nitrogens with one attached hydrogen (secondary N) is 1. The van der Waals surface area contributed by atoms with Gasteiger partial charge in [-0.3, -0.25) is 0 Å². The second-order valence-electron chi connectivity index (χ2n) is 6.58. The fourth-order valence-electron chi connectivity index (χ4n) is 2.89. The molecule has 8 heteroatoms. The second kappa shape index (κ2) is 11.2. The van der Waals surface area contributed by atoms with Gasteiger partial charge in [0.05, 0.1) is 33.3 Å². The molecular formula is C23H21BrCl3NO3. The zero-order chi connectivity index (χ0) is 22.4. The summed E-state index contributed by atoms with van der Waals surface area (Å²) in [4.78, 5) is 0. The Morgan fingerprint density at radius 1 is 0.839 bits per heavy atom. The van der Waals surface area contributed by atoms with Gasteiger partial charge >= 0.3 is 0 Å². The lowest BCUT2D eigenvalue weighted by Gasteiger charge is -2.16. The highest BCUT2D eigenvalue weighted by atomic mass is 79.9. The van der Waals surface area contributed by atoms with E-state index >= 15 is 0 Å². The Hall–Kier alpha value is -1.79. The predicted molar refractivity (Wildman–Crippen MR) is 131 cm³/mol. The van der Waals surface area contributed by atoms with E-state index in [1.807, 2.05) is 43.3 Å². The van der Waals surface area contributed by atoms with Gasteiger partial charge < -0.3 is 19.5 Å². The summed E-state index contributed by atoms with van der Waals surface area (Å²) in [6.45, 7) is 3.35. The van der Waals surface area contributed by atoms with E-state index in [1.54, 1.807) is 19.2 Å². The second-order valence-corrected chi connectivity index (χ2v) is 8.65. The highest BCUT2D eigenvalue weighted by Gasteiger charge is 2.13. The Labute approximate surface area is 205 Å². The smallest absolute Gasteiger partial charge is 0.175 e. The Morgan fingerprint density at radius 3 is 2.32 bits per heavy atom. The van der Waals surface area contributed by atoms with Crippen molar-refractivity contribution >= 4 is 56.4 Å². The van der Waals surface area contributed by atoms with Crippen molar-refractivity contribution in [3.63, 3.8) is 0 Å². The molecule has 0 atom stereocenters. The van der Waals surface area contributed by atoms with Crippen molar-refractivity contribution in [2.45, 2.75) is 20.1 Å². The van der Waals surface area contributed by atoms with Crippen LogP contribution in [-0.4, -0.2) is 13.7 Å². The van der Waals surface area contributed by atoms with Crippen LogP contribution >= 0.6 is 50.7 Å². The Kier molecular flexibility index (Phi) is 8.61. The fourth-order valence-corrected chi connectivity index (χ4v) is 4.07. The van der Waals surface area contributed by atoms with Crippen molar-refractivity contribution in [1.82, 2.24) is 0 Å². The summed E-state index contributed by atoms with van der Waals surface area (Å²) in [5.41, 5.74) is 2.81. The summed E-state index contributed by atoms with van der Waals surface area (Å²) in [7, 11) is 1.59. The minimum absolute atomic E-state index is 0.331. The third-order valence-electron chi connectivity index (χ3n) is 4.38. The van der Waals surface area contributed by atoms with Crippen molar-refractivity contribution < 1.29 is 14.2 Å². The average molecular weight is 546 g/mol. The van der Waals surface area contributed by atoms with E-state index in [9.17, 15) is 0 Å². The molecule has 0 aliphatic heterocycles. The number of methoxy groups -OCH3 is 1. The molecule has 4 nitrogen and oxygen atoms in total. The van der Waals surface area contributed by atoms with E-state index in [2.05, 4.69) is 21.2 Å². The monoisotopic (exact) mass is 543 g/mol. The molecule has 0 fully saturated rings. The third kappa shape index (κ3) is 6.36. The van der Waals surface area contributed by atoms with Gasteiger partial charge in [0.15, 0.2) is 11.5 Å². The molecule has 3 rings (SSSR count). The first-order chi connectivity index (χ1) is 14.9. The van der Waals surface area contributed by atoms with Gasteiger partial charge in [-0.05, 0) is 76.4 Å². The van der Waals surface area contributed by atoms with Crippen molar-refractivity contribution in [3.8, 4) is 17.2 Å². The maximum Gasteiger partial charge on any atom is 0.175 e. The third-order valence-corrected chi connectivity index (χ3v) is 6.01. The van der Waals surface area contributed by atoms with Crippen LogP contribution in [0.5, 0.6) is 17.2 Å². The van der Waals surface area contributed by atoms with Gasteiger partial charge in [0, 0.05) is 12.2 Å². The van der Waals surface area contributed by atoms with Crippen LogP contribution in [0.25, 0.3) is 0 Å². The van der Waals surface area contributed by atoms with E-state index in [-0.39, 0.29) is 0 Å². The quantitative estimate of drug-likeness (QED) is 0.296. The van der Waals surface area contributed by atoms with E-state index in [1.165, 1.54) is 0 Å². The Morgan fingerprint density at radius 2 is 1.65 bits per heavy atom. The zero-order valence-corrected chi connectivity index (χ0v) is 20.8. The summed E-state index contributed by atoms with van der Waals surface area (Å²) in [6, 6.07) is 14.9. The number of hydrogen-bond donors (Lipinski definition) is 1. The Balaban J connectivity index is 1.74. The molecule has 3 aromatic rings. The van der Waals surface area contributed by atoms with Gasteiger partial charge in [-0.15, -0.1) is 0 Å². The standard InChI is InChI=1S/C23H21BrCl3NO3/c1-3-30-22-10-15(12-28-16-5-7-21(29-2)20(27)11-16)8-17(24)23(22)31-13-14-4-6-18(25)19(26)9-14/h4-11,28H,3,12-13H2,1-2H3. The summed E-state index contributed by atoms with van der Waals surface area (Å²) in [5.74, 6) is 1.92. The normalized spacial score (nSPS) is 10.6. The van der Waals surface area contributed by atoms with Gasteiger partial charge in [-0.2, -0.15) is 0 Å². The lowest BCUT2D eigenvalue weighted by atomic mass is 10.2. The lowest BCUT2D eigenvalue weighted by Crippen LogP contribution is -2.04. The van der Waals surface area contributed by atoms with Gasteiger partial charge in [0.25, 0.3) is 0 Å². The maximum absolute atomic E-state index is 6.20. The van der Waals surface area contributed by atoms with Crippen molar-refractivity contribution in [3.05, 3.63) is 79.2 Å². The summed E-state index contributed by atoms with van der Waals surface area (Å²) in [6.07, 6.45) is 0. The van der Waals surface area contributed by atoms with Crippen LogP contribution in [0.3, 0.4) is 0 Å². The molecule has 0 aromatic heterocycles. The average Bonchev–Trinajstić information content (AvgIpc) is 2.74. The largest absolute Gasteiger partial charge is 0.495 e. The summed E-state index contributed by atoms with van der Waals surface area (Å²) < 4.78 is 17.8. The maximum atomic E-state index is 6.20. The van der Waals surface area contributed by atoms with Gasteiger partial charge in [-0.1, -0.05) is 40.9 Å². The van der Waals surface area contributed by atoms with Crippen molar-refractivity contribution in [2.75, 3.05) is 19.0 Å². The van der Waals surface area contributed by atoms with E-state index in [0.717, 1.165) is 21.3 Å². The van der Waals surface area contributed by atoms with Crippen LogP contribution in [0.4, 0.5) is 5.69 Å². The van der Waals surface area contributed by atoms with E-state index in [4.69, 9.17) is 49.0 Å². The molecule has 164 valence electrons. The molecule has 0 unspecified atom stereocenters. The van der Waals surface area contributed by atoms with Gasteiger partial charge in [0.1, 0.15) is 12.4 Å². The van der Waals surface area contributed by atoms with Crippen LogP contribution in [0, 0.1) is 0 Å². The molecule has 0 saturated carbocycles. The van der Waals surface area contributed by atoms with Gasteiger partial charge in [-0.25, -0.2) is 0 Å². The molecule has 31 heavy (non-hydrogen) atoms. The molecule has 3 aromatic carbocycles. The predicted octanol–water partition coefficient (Wildman–Crippen LogP) is 8.01. The molecule has 0 spiro atoms. The first-order valence-corrected chi connectivity index (χ1v) is 11.4. The number of rotatable bonds is 9. The highest BCUT2D eigenvalue weighted by Crippen LogP contribution is 2.38. The molecule has 0 heterocycles. The van der Waals surface area contributed by atoms with Crippen molar-refractivity contribution in [2.24, 2.45) is 0 Å². The van der Waals surface area contributed by atoms with E-state index < -0.39 is 0 Å². The number of anilines is 1. The molecule has 0 saturated heterocycles. The van der Waals surface area contributed by atoms with Crippen LogP contribution in [0.2, 0.25) is 15.1 Å². The first kappa shape index (κ1) is 23.9. The van der Waals surface area contributed by atoms with Crippen molar-refractivity contribution in [1.29, 1.82) is 0 Å². The highest BCUT2D eigenvalue weighted by molar-refractivity contribution is 9.10. The number of benzene rings is 3. The molecule has 0 amide bonds. The van der Waals surface area contributed by atoms with Crippen LogP contribution in [0.1, 0.15) is 18.1 Å². The molecule has 0 radical (unpaired) electrons. The van der Waals surface area contributed by atoms with Crippen LogP contribution < -0.4 is 19.5 Å². The van der Waals surface area contributed by atoms with E-state index in [0.29, 0.717) is 52.1 Å². The van der Waals surface area contributed by atoms with Crippen LogP contribution in [-0.2, 0) is 13.2 Å². The minimum Gasteiger partial charge on any atom is -0.495 e. The SMILES string of the molecule is CCOc1cc(CNc2ccc(OC)c(Cl)c2)cc(Br)c1OCc1ccc(Cl)c(Cl)c1. The molecule has 0 aliphatic carbocycles. The number of hydrogen-bond acceptors (Lipinski definition) is 4. The minimum atomic E-state index is 0.331. The molecule has 1 N–H and O–H groups in total. The number of ether oxygens (including phenoxy) is 3.